The molecule has 3 unspecified atom stereocenters. The van der Waals surface area contributed by atoms with E-state index in [1.807, 2.05) is 0 Å². The Kier molecular flexibility index (Phi) is 5.04. The third-order valence-corrected chi connectivity index (χ3v) is 7.09. The van der Waals surface area contributed by atoms with Crippen LogP contribution in [0.3, 0.4) is 0 Å². The number of hydrogen-bond acceptors (Lipinski definition) is 5. The largest absolute Gasteiger partial charge is 0.480 e. The first-order valence-corrected chi connectivity index (χ1v) is 10.9. The van der Waals surface area contributed by atoms with Crippen LogP contribution in [-0.2, 0) is 14.4 Å². The van der Waals surface area contributed by atoms with Crippen LogP contribution in [0.15, 0.2) is 30.3 Å². The molecule has 7 nitrogen and oxygen atoms in total. The third-order valence-electron chi connectivity index (χ3n) is 7.09. The predicted octanol–water partition coefficient (Wildman–Crippen LogP) is 2.68. The number of carboxylic acids is 1. The molecular weight excluding hydrogens is 434 g/mol. The molecule has 2 N–H and O–H groups in total. The van der Waals surface area contributed by atoms with Crippen molar-refractivity contribution in [2.75, 3.05) is 19.6 Å². The fourth-order valence-electron chi connectivity index (χ4n) is 5.68. The SMILES string of the molecule is O=C(O)CN1CCC(c2ccc3c4c(cccc24)C(=O)C3C2CCC(=O)NC2=O)C(F)(F)C1. The molecule has 0 spiro atoms. The van der Waals surface area contributed by atoms with Crippen molar-refractivity contribution in [1.29, 1.82) is 0 Å². The average molecular weight is 456 g/mol. The van der Waals surface area contributed by atoms with Gasteiger partial charge in [0.1, 0.15) is 0 Å². The van der Waals surface area contributed by atoms with Crippen molar-refractivity contribution in [2.45, 2.75) is 37.0 Å². The molecule has 33 heavy (non-hydrogen) atoms. The standard InChI is InChI=1S/C24H22F2N2O5/c25-24(26)11-28(10-19(30)31)9-8-17(24)12-4-5-14-20-13(12)2-1-3-15(20)22(32)21(14)16-6-7-18(29)27-23(16)33/h1-5,16-17,21H,6-11H2,(H,30,31)(H,27,29,33). The topological polar surface area (TPSA) is 104 Å². The highest BCUT2D eigenvalue weighted by atomic mass is 19.3. The lowest BCUT2D eigenvalue weighted by Gasteiger charge is -2.38. The van der Waals surface area contributed by atoms with Crippen molar-refractivity contribution in [3.8, 4) is 0 Å². The molecule has 2 amide bonds. The van der Waals surface area contributed by atoms with Gasteiger partial charge in [-0.3, -0.25) is 29.4 Å². The van der Waals surface area contributed by atoms with E-state index in [1.165, 1.54) is 4.90 Å². The first-order chi connectivity index (χ1) is 15.7. The number of aliphatic carboxylic acids is 1. The predicted molar refractivity (Wildman–Crippen MR) is 113 cm³/mol. The summed E-state index contributed by atoms with van der Waals surface area (Å²) in [6.07, 6.45) is 0.501. The molecule has 2 aromatic rings. The van der Waals surface area contributed by atoms with Crippen LogP contribution in [0.25, 0.3) is 10.8 Å². The van der Waals surface area contributed by atoms with Crippen molar-refractivity contribution in [2.24, 2.45) is 5.92 Å². The zero-order chi connectivity index (χ0) is 23.5. The molecule has 2 fully saturated rings. The zero-order valence-electron chi connectivity index (χ0n) is 17.6. The number of rotatable bonds is 4. The summed E-state index contributed by atoms with van der Waals surface area (Å²) < 4.78 is 30.3. The van der Waals surface area contributed by atoms with Crippen LogP contribution in [0.1, 0.15) is 52.6 Å². The van der Waals surface area contributed by atoms with Crippen LogP contribution in [0.5, 0.6) is 0 Å². The number of amides is 2. The summed E-state index contributed by atoms with van der Waals surface area (Å²) in [7, 11) is 0. The summed E-state index contributed by atoms with van der Waals surface area (Å²) in [6.45, 7) is -0.855. The maximum Gasteiger partial charge on any atom is 0.317 e. The second-order valence-electron chi connectivity index (χ2n) is 9.08. The molecule has 5 rings (SSSR count). The number of nitrogens with zero attached hydrogens (tertiary/aromatic N) is 1. The first-order valence-electron chi connectivity index (χ1n) is 10.9. The van der Waals surface area contributed by atoms with Gasteiger partial charge >= 0.3 is 5.97 Å². The number of alkyl halides is 2. The summed E-state index contributed by atoms with van der Waals surface area (Å²) in [5.41, 5.74) is 1.47. The molecule has 0 bridgehead atoms. The summed E-state index contributed by atoms with van der Waals surface area (Å²) >= 11 is 0. The Balaban J connectivity index is 1.54. The van der Waals surface area contributed by atoms with E-state index in [1.54, 1.807) is 30.3 Å². The minimum Gasteiger partial charge on any atom is -0.480 e. The van der Waals surface area contributed by atoms with Gasteiger partial charge in [-0.15, -0.1) is 0 Å². The molecule has 9 heteroatoms. The maximum absolute atomic E-state index is 15.1. The first kappa shape index (κ1) is 21.6. The Morgan fingerprint density at radius 1 is 1.12 bits per heavy atom. The van der Waals surface area contributed by atoms with E-state index in [0.29, 0.717) is 27.5 Å². The lowest BCUT2D eigenvalue weighted by Crippen LogP contribution is -2.48. The number of carbonyl (C=O) groups is 4. The number of nitrogens with one attached hydrogen (secondary N) is 1. The Morgan fingerprint density at radius 2 is 1.88 bits per heavy atom. The van der Waals surface area contributed by atoms with Crippen molar-refractivity contribution in [3.05, 3.63) is 47.0 Å². The molecular formula is C24H22F2N2O5. The zero-order valence-corrected chi connectivity index (χ0v) is 17.6. The van der Waals surface area contributed by atoms with Crippen LogP contribution in [0.2, 0.25) is 0 Å². The number of imide groups is 1. The van der Waals surface area contributed by atoms with E-state index in [4.69, 9.17) is 5.11 Å². The molecule has 0 saturated carbocycles. The number of likely N-dealkylation sites (tertiary alicyclic amines) is 1. The van der Waals surface area contributed by atoms with Crippen LogP contribution in [0, 0.1) is 5.92 Å². The van der Waals surface area contributed by atoms with Gasteiger partial charge in [0.25, 0.3) is 5.92 Å². The van der Waals surface area contributed by atoms with E-state index < -0.39 is 48.6 Å². The lowest BCUT2D eigenvalue weighted by atomic mass is 9.79. The van der Waals surface area contributed by atoms with E-state index >= 15 is 8.78 Å². The van der Waals surface area contributed by atoms with E-state index in [2.05, 4.69) is 5.32 Å². The van der Waals surface area contributed by atoms with Gasteiger partial charge in [0.05, 0.1) is 30.8 Å². The van der Waals surface area contributed by atoms with E-state index in [0.717, 1.165) is 0 Å². The summed E-state index contributed by atoms with van der Waals surface area (Å²) in [6, 6.07) is 8.31. The summed E-state index contributed by atoms with van der Waals surface area (Å²) in [5, 5.41) is 12.4. The van der Waals surface area contributed by atoms with E-state index in [-0.39, 0.29) is 37.5 Å². The molecule has 172 valence electrons. The fourth-order valence-corrected chi connectivity index (χ4v) is 5.68. The van der Waals surface area contributed by atoms with Crippen LogP contribution in [0.4, 0.5) is 8.78 Å². The van der Waals surface area contributed by atoms with Gasteiger partial charge in [0.2, 0.25) is 11.8 Å². The maximum atomic E-state index is 15.1. The third kappa shape index (κ3) is 3.51. The average Bonchev–Trinajstić information content (AvgIpc) is 3.02. The van der Waals surface area contributed by atoms with Gasteiger partial charge in [-0.1, -0.05) is 30.3 Å². The minimum atomic E-state index is -3.14. The Hall–Kier alpha value is -3.20. The highest BCUT2D eigenvalue weighted by molar-refractivity contribution is 6.20. The van der Waals surface area contributed by atoms with Crippen molar-refractivity contribution in [3.63, 3.8) is 0 Å². The van der Waals surface area contributed by atoms with Gasteiger partial charge in [-0.25, -0.2) is 8.78 Å². The Bertz CT molecular complexity index is 1210. The molecule has 0 aromatic heterocycles. The highest BCUT2D eigenvalue weighted by Crippen LogP contribution is 2.49. The fraction of sp³-hybridized carbons (Fsp3) is 0.417. The number of ketones is 1. The molecule has 2 aromatic carbocycles. The number of benzene rings is 2. The molecule has 2 heterocycles. The second-order valence-corrected chi connectivity index (χ2v) is 9.08. The lowest BCUT2D eigenvalue weighted by molar-refractivity contribution is -0.142. The van der Waals surface area contributed by atoms with Crippen LogP contribution < -0.4 is 5.32 Å². The molecule has 3 aliphatic rings. The number of carboxylic acid groups (broad SMARTS) is 1. The minimum absolute atomic E-state index is 0.0868. The van der Waals surface area contributed by atoms with Gasteiger partial charge in [0.15, 0.2) is 5.78 Å². The normalized spacial score (nSPS) is 27.1. The van der Waals surface area contributed by atoms with Crippen molar-refractivity contribution in [1.82, 2.24) is 10.2 Å². The van der Waals surface area contributed by atoms with E-state index in [9.17, 15) is 19.2 Å². The van der Waals surface area contributed by atoms with Gasteiger partial charge in [-0.2, -0.15) is 0 Å². The molecule has 1 aliphatic carbocycles. The summed E-state index contributed by atoms with van der Waals surface area (Å²) in [4.78, 5) is 49.5. The molecule has 3 atom stereocenters. The molecule has 0 radical (unpaired) electrons. The second kappa shape index (κ2) is 7.69. The number of hydrogen-bond donors (Lipinski definition) is 2. The van der Waals surface area contributed by atoms with Crippen molar-refractivity contribution >= 4 is 34.3 Å². The number of Topliss-reactive ketones (excluding diaryl/α,β-unsaturated/α-hetero) is 1. The van der Waals surface area contributed by atoms with Crippen molar-refractivity contribution < 1.29 is 33.1 Å². The summed E-state index contributed by atoms with van der Waals surface area (Å²) in [5.74, 6) is -7.90. The number of piperidine rings is 2. The van der Waals surface area contributed by atoms with Gasteiger partial charge in [-0.05, 0) is 41.3 Å². The number of halogens is 2. The highest BCUT2D eigenvalue weighted by Gasteiger charge is 2.48. The van der Waals surface area contributed by atoms with Crippen LogP contribution >= 0.6 is 0 Å². The van der Waals surface area contributed by atoms with Gasteiger partial charge < -0.3 is 5.11 Å². The van der Waals surface area contributed by atoms with Gasteiger partial charge in [0, 0.05) is 12.0 Å². The molecule has 2 aliphatic heterocycles. The quantitative estimate of drug-likeness (QED) is 0.686. The monoisotopic (exact) mass is 456 g/mol. The Labute approximate surface area is 187 Å². The van der Waals surface area contributed by atoms with Crippen LogP contribution in [-0.4, -0.2) is 59.1 Å². The Morgan fingerprint density at radius 3 is 2.58 bits per heavy atom. The number of carbonyl (C=O) groups excluding carboxylic acids is 3. The molecule has 2 saturated heterocycles. The smallest absolute Gasteiger partial charge is 0.317 e.